The van der Waals surface area contributed by atoms with E-state index in [-0.39, 0.29) is 0 Å². The third-order valence-corrected chi connectivity index (χ3v) is 3.35. The monoisotopic (exact) mass is 247 g/mol. The van der Waals surface area contributed by atoms with Crippen molar-refractivity contribution < 1.29 is 9.53 Å². The zero-order valence-electron chi connectivity index (χ0n) is 10.8. The van der Waals surface area contributed by atoms with Gasteiger partial charge in [-0.25, -0.2) is 0 Å². The first-order valence-electron chi connectivity index (χ1n) is 6.79. The van der Waals surface area contributed by atoms with Crippen LogP contribution in [0.15, 0.2) is 24.3 Å². The quantitative estimate of drug-likeness (QED) is 0.548. The molecule has 98 valence electrons. The third kappa shape index (κ3) is 4.15. The van der Waals surface area contributed by atoms with Crippen LogP contribution in [0.1, 0.15) is 36.0 Å². The summed E-state index contributed by atoms with van der Waals surface area (Å²) in [5.41, 5.74) is 0.691. The van der Waals surface area contributed by atoms with Crippen LogP contribution in [-0.2, 0) is 0 Å². The molecular weight excluding hydrogens is 226 g/mol. The molecule has 0 amide bonds. The fourth-order valence-corrected chi connectivity index (χ4v) is 2.28. The number of ether oxygens (including phenoxy) is 1. The van der Waals surface area contributed by atoms with E-state index in [4.69, 9.17) is 4.74 Å². The minimum absolute atomic E-state index is 0.691. The van der Waals surface area contributed by atoms with Gasteiger partial charge in [0.25, 0.3) is 0 Å². The number of likely N-dealkylation sites (tertiary alicyclic amines) is 1. The molecule has 1 aromatic carbocycles. The minimum atomic E-state index is 0.691. The fraction of sp³-hybridized carbons (Fsp3) is 0.533. The van der Waals surface area contributed by atoms with Gasteiger partial charge in [0.1, 0.15) is 12.0 Å². The van der Waals surface area contributed by atoms with Crippen molar-refractivity contribution in [1.29, 1.82) is 0 Å². The Balaban J connectivity index is 1.58. The highest BCUT2D eigenvalue weighted by atomic mass is 16.5. The van der Waals surface area contributed by atoms with Gasteiger partial charge in [-0.05, 0) is 69.6 Å². The summed E-state index contributed by atoms with van der Waals surface area (Å²) < 4.78 is 5.64. The molecule has 1 aromatic rings. The Labute approximate surface area is 109 Å². The Kier molecular flexibility index (Phi) is 5.21. The number of carbonyl (C=O) groups is 1. The van der Waals surface area contributed by atoms with E-state index in [1.54, 1.807) is 12.1 Å². The van der Waals surface area contributed by atoms with E-state index in [2.05, 4.69) is 4.90 Å². The van der Waals surface area contributed by atoms with Gasteiger partial charge >= 0.3 is 0 Å². The van der Waals surface area contributed by atoms with Crippen LogP contribution in [0.3, 0.4) is 0 Å². The van der Waals surface area contributed by atoms with Crippen molar-refractivity contribution in [3.8, 4) is 5.75 Å². The predicted molar refractivity (Wildman–Crippen MR) is 72.2 cm³/mol. The lowest BCUT2D eigenvalue weighted by atomic mass is 10.2. The molecule has 0 atom stereocenters. The van der Waals surface area contributed by atoms with Gasteiger partial charge in [0.05, 0.1) is 6.61 Å². The number of hydrogen-bond donors (Lipinski definition) is 0. The number of nitrogens with zero attached hydrogens (tertiary/aromatic N) is 1. The highest BCUT2D eigenvalue weighted by molar-refractivity contribution is 5.74. The van der Waals surface area contributed by atoms with Gasteiger partial charge in [-0.15, -0.1) is 0 Å². The van der Waals surface area contributed by atoms with Crippen molar-refractivity contribution in [1.82, 2.24) is 4.90 Å². The van der Waals surface area contributed by atoms with Crippen LogP contribution in [-0.4, -0.2) is 37.4 Å². The van der Waals surface area contributed by atoms with Crippen molar-refractivity contribution in [3.63, 3.8) is 0 Å². The zero-order valence-corrected chi connectivity index (χ0v) is 10.8. The number of hydrogen-bond acceptors (Lipinski definition) is 3. The van der Waals surface area contributed by atoms with Crippen LogP contribution >= 0.6 is 0 Å². The third-order valence-electron chi connectivity index (χ3n) is 3.35. The first-order valence-corrected chi connectivity index (χ1v) is 6.79. The molecule has 3 heteroatoms. The van der Waals surface area contributed by atoms with Crippen molar-refractivity contribution >= 4 is 6.29 Å². The predicted octanol–water partition coefficient (Wildman–Crippen LogP) is 2.75. The molecule has 0 bridgehead atoms. The molecule has 0 saturated carbocycles. The summed E-state index contributed by atoms with van der Waals surface area (Å²) in [5, 5.41) is 0. The summed E-state index contributed by atoms with van der Waals surface area (Å²) >= 11 is 0. The maximum Gasteiger partial charge on any atom is 0.150 e. The first kappa shape index (κ1) is 13.1. The molecular formula is C15H21NO2. The summed E-state index contributed by atoms with van der Waals surface area (Å²) in [7, 11) is 0. The number of rotatable bonds is 7. The van der Waals surface area contributed by atoms with Gasteiger partial charge in [0.2, 0.25) is 0 Å². The Hall–Kier alpha value is -1.35. The summed E-state index contributed by atoms with van der Waals surface area (Å²) in [4.78, 5) is 13.0. The van der Waals surface area contributed by atoms with Crippen molar-refractivity contribution in [2.24, 2.45) is 0 Å². The Morgan fingerprint density at radius 1 is 1.11 bits per heavy atom. The van der Waals surface area contributed by atoms with E-state index in [1.165, 1.54) is 38.9 Å². The lowest BCUT2D eigenvalue weighted by Crippen LogP contribution is -2.20. The van der Waals surface area contributed by atoms with Gasteiger partial charge in [0.15, 0.2) is 0 Å². The van der Waals surface area contributed by atoms with Crippen molar-refractivity contribution in [2.45, 2.75) is 25.7 Å². The maximum atomic E-state index is 10.5. The van der Waals surface area contributed by atoms with Gasteiger partial charge < -0.3 is 9.64 Å². The molecule has 1 heterocycles. The summed E-state index contributed by atoms with van der Waals surface area (Å²) in [6.45, 7) is 4.50. The number of aldehydes is 1. The van der Waals surface area contributed by atoms with E-state index in [1.807, 2.05) is 12.1 Å². The van der Waals surface area contributed by atoms with Gasteiger partial charge in [0, 0.05) is 5.56 Å². The number of benzene rings is 1. The molecule has 0 aliphatic carbocycles. The first-order chi connectivity index (χ1) is 8.88. The van der Waals surface area contributed by atoms with Crippen molar-refractivity contribution in [3.05, 3.63) is 29.8 Å². The second-order valence-electron chi connectivity index (χ2n) is 4.79. The number of carbonyl (C=O) groups excluding carboxylic acids is 1. The van der Waals surface area contributed by atoms with E-state index in [0.29, 0.717) is 5.56 Å². The largest absolute Gasteiger partial charge is 0.494 e. The van der Waals surface area contributed by atoms with E-state index in [0.717, 1.165) is 25.1 Å². The Morgan fingerprint density at radius 3 is 2.50 bits per heavy atom. The molecule has 0 aromatic heterocycles. The molecule has 1 fully saturated rings. The lowest BCUT2D eigenvalue weighted by molar-refractivity contribution is 0.112. The average molecular weight is 247 g/mol. The second-order valence-corrected chi connectivity index (χ2v) is 4.79. The zero-order chi connectivity index (χ0) is 12.6. The van der Waals surface area contributed by atoms with Crippen LogP contribution in [0.5, 0.6) is 5.75 Å². The van der Waals surface area contributed by atoms with Crippen molar-refractivity contribution in [2.75, 3.05) is 26.2 Å². The molecule has 2 rings (SSSR count). The topological polar surface area (TPSA) is 29.5 Å². The molecule has 1 aliphatic heterocycles. The van der Waals surface area contributed by atoms with Gasteiger partial charge in [-0.3, -0.25) is 4.79 Å². The van der Waals surface area contributed by atoms with Crippen LogP contribution in [0, 0.1) is 0 Å². The molecule has 3 nitrogen and oxygen atoms in total. The SMILES string of the molecule is O=Cc1ccc(OCCCCN2CCCC2)cc1. The average Bonchev–Trinajstić information content (AvgIpc) is 2.92. The fourth-order valence-electron chi connectivity index (χ4n) is 2.28. The van der Waals surface area contributed by atoms with E-state index < -0.39 is 0 Å². The summed E-state index contributed by atoms with van der Waals surface area (Å²) in [5.74, 6) is 0.849. The molecule has 1 saturated heterocycles. The molecule has 0 radical (unpaired) electrons. The molecule has 0 spiro atoms. The Morgan fingerprint density at radius 2 is 1.83 bits per heavy atom. The summed E-state index contributed by atoms with van der Waals surface area (Å²) in [6.07, 6.45) is 5.86. The second kappa shape index (κ2) is 7.17. The molecule has 1 aliphatic rings. The van der Waals surface area contributed by atoms with Crippen LogP contribution < -0.4 is 4.74 Å². The van der Waals surface area contributed by atoms with Crippen LogP contribution in [0.4, 0.5) is 0 Å². The van der Waals surface area contributed by atoms with E-state index in [9.17, 15) is 4.79 Å². The normalized spacial score (nSPS) is 15.8. The molecule has 0 N–H and O–H groups in total. The highest BCUT2D eigenvalue weighted by Crippen LogP contribution is 2.12. The van der Waals surface area contributed by atoms with Gasteiger partial charge in [-0.2, -0.15) is 0 Å². The highest BCUT2D eigenvalue weighted by Gasteiger charge is 2.09. The maximum absolute atomic E-state index is 10.5. The van der Waals surface area contributed by atoms with Gasteiger partial charge in [-0.1, -0.05) is 0 Å². The van der Waals surface area contributed by atoms with Crippen LogP contribution in [0.2, 0.25) is 0 Å². The van der Waals surface area contributed by atoms with Crippen LogP contribution in [0.25, 0.3) is 0 Å². The van der Waals surface area contributed by atoms with E-state index >= 15 is 0 Å². The minimum Gasteiger partial charge on any atom is -0.494 e. The molecule has 0 unspecified atom stereocenters. The number of unbranched alkanes of at least 4 members (excludes halogenated alkanes) is 1. The standard InChI is InChI=1S/C15H21NO2/c17-13-14-5-7-15(8-6-14)18-12-4-3-11-16-9-1-2-10-16/h5-8,13H,1-4,9-12H2. The molecule has 18 heavy (non-hydrogen) atoms. The smallest absolute Gasteiger partial charge is 0.150 e. The Bertz CT molecular complexity index is 355. The summed E-state index contributed by atoms with van der Waals surface area (Å²) in [6, 6.07) is 7.27. The lowest BCUT2D eigenvalue weighted by Gasteiger charge is -2.14.